The van der Waals surface area contributed by atoms with E-state index >= 15 is 0 Å². The summed E-state index contributed by atoms with van der Waals surface area (Å²) >= 11 is 3.35. The van der Waals surface area contributed by atoms with Crippen molar-refractivity contribution in [2.45, 2.75) is 13.2 Å². The Morgan fingerprint density at radius 2 is 2.05 bits per heavy atom. The smallest absolute Gasteiger partial charge is 0.305 e. The van der Waals surface area contributed by atoms with Gasteiger partial charge in [-0.05, 0) is 23.8 Å². The third kappa shape index (κ3) is 3.56. The van der Waals surface area contributed by atoms with Crippen LogP contribution in [0.3, 0.4) is 0 Å². The molecule has 0 aliphatic heterocycles. The number of nitrogens with two attached hydrogens (primary N) is 1. The minimum atomic E-state index is -0.876. The monoisotopic (exact) mass is 354 g/mol. The van der Waals surface area contributed by atoms with Gasteiger partial charge in [0.05, 0.1) is 4.92 Å². The second-order valence-electron chi connectivity index (χ2n) is 4.25. The van der Waals surface area contributed by atoms with Gasteiger partial charge in [0.25, 0.3) is 0 Å². The Morgan fingerprint density at radius 1 is 1.29 bits per heavy atom. The SMILES string of the molecule is NCc1cc(OCc2cccc([N+](=O)[O-])c2F)ccc1Br. The Kier molecular flexibility index (Phi) is 4.87. The summed E-state index contributed by atoms with van der Waals surface area (Å²) in [5.41, 5.74) is 6.00. The number of halogens is 2. The van der Waals surface area contributed by atoms with E-state index in [-0.39, 0.29) is 12.2 Å². The molecule has 0 fully saturated rings. The maximum Gasteiger partial charge on any atom is 0.305 e. The Labute approximate surface area is 128 Å². The zero-order valence-electron chi connectivity index (χ0n) is 10.9. The van der Waals surface area contributed by atoms with Crippen LogP contribution in [0.2, 0.25) is 0 Å². The Hall–Kier alpha value is -1.99. The molecule has 2 N–H and O–H groups in total. The van der Waals surface area contributed by atoms with Crippen molar-refractivity contribution in [2.75, 3.05) is 0 Å². The van der Waals surface area contributed by atoms with Gasteiger partial charge < -0.3 is 10.5 Å². The molecular weight excluding hydrogens is 343 g/mol. The summed E-state index contributed by atoms with van der Waals surface area (Å²) in [6.45, 7) is 0.238. The second kappa shape index (κ2) is 6.64. The fraction of sp³-hybridized carbons (Fsp3) is 0.143. The van der Waals surface area contributed by atoms with E-state index in [9.17, 15) is 14.5 Å². The molecule has 0 saturated carbocycles. The zero-order valence-corrected chi connectivity index (χ0v) is 12.5. The standard InChI is InChI=1S/C14H12BrFN2O3/c15-12-5-4-11(6-10(12)7-17)21-8-9-2-1-3-13(14(9)16)18(19)20/h1-6H,7-8,17H2. The van der Waals surface area contributed by atoms with Crippen molar-refractivity contribution in [1.29, 1.82) is 0 Å². The topological polar surface area (TPSA) is 78.4 Å². The van der Waals surface area contributed by atoms with Crippen LogP contribution >= 0.6 is 15.9 Å². The third-order valence-electron chi connectivity index (χ3n) is 2.89. The second-order valence-corrected chi connectivity index (χ2v) is 5.11. The first-order valence-corrected chi connectivity index (χ1v) is 6.85. The maximum atomic E-state index is 13.9. The molecule has 21 heavy (non-hydrogen) atoms. The molecule has 0 saturated heterocycles. The highest BCUT2D eigenvalue weighted by atomic mass is 79.9. The highest BCUT2D eigenvalue weighted by molar-refractivity contribution is 9.10. The normalized spacial score (nSPS) is 10.4. The van der Waals surface area contributed by atoms with Gasteiger partial charge >= 0.3 is 5.69 Å². The molecular formula is C14H12BrFN2O3. The van der Waals surface area contributed by atoms with E-state index in [0.717, 1.165) is 16.1 Å². The van der Waals surface area contributed by atoms with E-state index in [4.69, 9.17) is 10.5 Å². The van der Waals surface area contributed by atoms with Crippen LogP contribution in [-0.2, 0) is 13.2 Å². The molecule has 7 heteroatoms. The van der Waals surface area contributed by atoms with Gasteiger partial charge in [-0.25, -0.2) is 0 Å². The number of ether oxygens (including phenoxy) is 1. The average Bonchev–Trinajstić information content (AvgIpc) is 2.47. The fourth-order valence-corrected chi connectivity index (χ4v) is 2.19. The number of hydrogen-bond donors (Lipinski definition) is 1. The number of nitrogens with zero attached hydrogens (tertiary/aromatic N) is 1. The number of hydrogen-bond acceptors (Lipinski definition) is 4. The van der Waals surface area contributed by atoms with Gasteiger partial charge in [-0.2, -0.15) is 4.39 Å². The van der Waals surface area contributed by atoms with Crippen LogP contribution in [0.1, 0.15) is 11.1 Å². The lowest BCUT2D eigenvalue weighted by atomic mass is 10.2. The lowest BCUT2D eigenvalue weighted by molar-refractivity contribution is -0.387. The molecule has 0 bridgehead atoms. The molecule has 0 aliphatic carbocycles. The van der Waals surface area contributed by atoms with Crippen molar-refractivity contribution in [3.63, 3.8) is 0 Å². The van der Waals surface area contributed by atoms with Crippen LogP contribution in [0.4, 0.5) is 10.1 Å². The maximum absolute atomic E-state index is 13.9. The fourth-order valence-electron chi connectivity index (χ4n) is 1.78. The first kappa shape index (κ1) is 15.4. The highest BCUT2D eigenvalue weighted by Crippen LogP contribution is 2.25. The predicted octanol–water partition coefficient (Wildman–Crippen LogP) is 3.53. The van der Waals surface area contributed by atoms with Gasteiger partial charge in [0.15, 0.2) is 0 Å². The molecule has 2 aromatic carbocycles. The summed E-state index contributed by atoms with van der Waals surface area (Å²) in [4.78, 5) is 9.92. The molecule has 110 valence electrons. The van der Waals surface area contributed by atoms with E-state index in [1.807, 2.05) is 0 Å². The molecule has 0 spiro atoms. The van der Waals surface area contributed by atoms with Gasteiger partial charge in [-0.1, -0.05) is 28.1 Å². The molecule has 0 aromatic heterocycles. The Balaban J connectivity index is 2.17. The van der Waals surface area contributed by atoms with E-state index in [1.165, 1.54) is 12.1 Å². The number of benzene rings is 2. The molecule has 0 radical (unpaired) electrons. The zero-order chi connectivity index (χ0) is 15.4. The van der Waals surface area contributed by atoms with Crippen LogP contribution in [0, 0.1) is 15.9 Å². The minimum absolute atomic E-state index is 0.0981. The average molecular weight is 355 g/mol. The van der Waals surface area contributed by atoms with E-state index in [0.29, 0.717) is 12.3 Å². The molecule has 0 atom stereocenters. The molecule has 5 nitrogen and oxygen atoms in total. The van der Waals surface area contributed by atoms with Gasteiger partial charge in [0.2, 0.25) is 5.82 Å². The van der Waals surface area contributed by atoms with Gasteiger partial charge in [0, 0.05) is 22.6 Å². The van der Waals surface area contributed by atoms with Crippen molar-refractivity contribution in [2.24, 2.45) is 5.73 Å². The summed E-state index contributed by atoms with van der Waals surface area (Å²) in [5, 5.41) is 10.7. The van der Waals surface area contributed by atoms with Crippen LogP contribution < -0.4 is 10.5 Å². The van der Waals surface area contributed by atoms with E-state index in [1.54, 1.807) is 18.2 Å². The Morgan fingerprint density at radius 3 is 2.71 bits per heavy atom. The molecule has 0 aliphatic rings. The first-order valence-electron chi connectivity index (χ1n) is 6.06. The van der Waals surface area contributed by atoms with E-state index < -0.39 is 16.4 Å². The van der Waals surface area contributed by atoms with E-state index in [2.05, 4.69) is 15.9 Å². The summed E-state index contributed by atoms with van der Waals surface area (Å²) in [7, 11) is 0. The van der Waals surface area contributed by atoms with Crippen molar-refractivity contribution >= 4 is 21.6 Å². The summed E-state index contributed by atoms with van der Waals surface area (Å²) in [6, 6.07) is 9.21. The predicted molar refractivity (Wildman–Crippen MR) is 79.4 cm³/mol. The summed E-state index contributed by atoms with van der Waals surface area (Å²) < 4.78 is 20.2. The van der Waals surface area contributed by atoms with Crippen LogP contribution in [0.5, 0.6) is 5.75 Å². The molecule has 0 amide bonds. The van der Waals surface area contributed by atoms with Crippen LogP contribution in [-0.4, -0.2) is 4.92 Å². The Bertz CT molecular complexity index is 679. The largest absolute Gasteiger partial charge is 0.489 e. The van der Waals surface area contributed by atoms with Crippen molar-refractivity contribution in [3.05, 3.63) is 67.9 Å². The van der Waals surface area contributed by atoms with Gasteiger partial charge in [0.1, 0.15) is 12.4 Å². The van der Waals surface area contributed by atoms with Gasteiger partial charge in [-0.3, -0.25) is 10.1 Å². The lowest BCUT2D eigenvalue weighted by Gasteiger charge is -2.09. The minimum Gasteiger partial charge on any atom is -0.489 e. The van der Waals surface area contributed by atoms with Crippen molar-refractivity contribution in [1.82, 2.24) is 0 Å². The van der Waals surface area contributed by atoms with Crippen LogP contribution in [0.25, 0.3) is 0 Å². The number of nitro groups is 1. The number of rotatable bonds is 5. The highest BCUT2D eigenvalue weighted by Gasteiger charge is 2.17. The van der Waals surface area contributed by atoms with Crippen molar-refractivity contribution in [3.8, 4) is 5.75 Å². The quantitative estimate of drug-likeness (QED) is 0.657. The summed E-state index contributed by atoms with van der Waals surface area (Å²) in [6.07, 6.45) is 0. The van der Waals surface area contributed by atoms with Crippen molar-refractivity contribution < 1.29 is 14.1 Å². The van der Waals surface area contributed by atoms with Crippen LogP contribution in [0.15, 0.2) is 40.9 Å². The summed E-state index contributed by atoms with van der Waals surface area (Å²) in [5.74, 6) is -0.358. The molecule has 0 unspecified atom stereocenters. The number of nitro benzene ring substituents is 1. The molecule has 0 heterocycles. The first-order chi connectivity index (χ1) is 10.0. The van der Waals surface area contributed by atoms with Gasteiger partial charge in [-0.15, -0.1) is 0 Å². The molecule has 2 aromatic rings. The third-order valence-corrected chi connectivity index (χ3v) is 3.66. The lowest BCUT2D eigenvalue weighted by Crippen LogP contribution is -2.03. The molecule has 2 rings (SSSR count).